The van der Waals surface area contributed by atoms with Crippen molar-refractivity contribution in [3.05, 3.63) is 59.1 Å². The molecule has 0 bridgehead atoms. The second-order valence-corrected chi connectivity index (χ2v) is 7.98. The molecule has 1 amide bonds. The second-order valence-electron chi connectivity index (χ2n) is 6.46. The minimum atomic E-state index is 0.243. The Morgan fingerprint density at radius 1 is 1.11 bits per heavy atom. The first-order valence-corrected chi connectivity index (χ1v) is 10.7. The highest BCUT2D eigenvalue weighted by molar-refractivity contribution is 7.98. The normalized spacial score (nSPS) is 14.3. The molecule has 1 saturated heterocycles. The van der Waals surface area contributed by atoms with Crippen LogP contribution in [0.5, 0.6) is 5.75 Å². The van der Waals surface area contributed by atoms with Crippen molar-refractivity contribution in [2.75, 3.05) is 43.9 Å². The molecule has 2 aromatic carbocycles. The fourth-order valence-corrected chi connectivity index (χ4v) is 4.35. The zero-order chi connectivity index (χ0) is 19.1. The van der Waals surface area contributed by atoms with Crippen LogP contribution in [-0.2, 0) is 10.5 Å². The molecule has 144 valence electrons. The fourth-order valence-electron chi connectivity index (χ4n) is 3.14. The highest BCUT2D eigenvalue weighted by Crippen LogP contribution is 2.23. The van der Waals surface area contributed by atoms with E-state index < -0.39 is 0 Å². The Bertz CT molecular complexity index is 763. The Balaban J connectivity index is 1.40. The molecule has 1 fully saturated rings. The van der Waals surface area contributed by atoms with Crippen LogP contribution in [0.25, 0.3) is 0 Å². The van der Waals surface area contributed by atoms with Crippen molar-refractivity contribution in [2.24, 2.45) is 0 Å². The Morgan fingerprint density at radius 2 is 1.89 bits per heavy atom. The number of methoxy groups -OCH3 is 1. The van der Waals surface area contributed by atoms with Gasteiger partial charge in [-0.3, -0.25) is 4.79 Å². The number of hydrogen-bond donors (Lipinski definition) is 0. The maximum atomic E-state index is 12.5. The van der Waals surface area contributed by atoms with Gasteiger partial charge < -0.3 is 14.5 Å². The molecular formula is C21H25ClN2O2S. The van der Waals surface area contributed by atoms with Crippen LogP contribution in [0.4, 0.5) is 5.69 Å². The second kappa shape index (κ2) is 9.90. The molecule has 2 aromatic rings. The van der Waals surface area contributed by atoms with Crippen molar-refractivity contribution in [1.82, 2.24) is 4.90 Å². The number of rotatable bonds is 7. The molecule has 0 N–H and O–H groups in total. The Hall–Kier alpha value is -1.85. The van der Waals surface area contributed by atoms with Crippen LogP contribution >= 0.6 is 23.4 Å². The van der Waals surface area contributed by atoms with Crippen molar-refractivity contribution in [1.29, 1.82) is 0 Å². The van der Waals surface area contributed by atoms with Gasteiger partial charge in [0.2, 0.25) is 5.91 Å². The molecule has 0 saturated carbocycles. The van der Waals surface area contributed by atoms with E-state index in [0.717, 1.165) is 59.7 Å². The first-order chi connectivity index (χ1) is 13.2. The Kier molecular flexibility index (Phi) is 7.30. The zero-order valence-corrected chi connectivity index (χ0v) is 17.1. The molecule has 0 spiro atoms. The maximum absolute atomic E-state index is 12.5. The molecule has 27 heavy (non-hydrogen) atoms. The van der Waals surface area contributed by atoms with Crippen LogP contribution in [0.1, 0.15) is 12.0 Å². The molecule has 3 rings (SSSR count). The molecular weight excluding hydrogens is 380 g/mol. The van der Waals surface area contributed by atoms with E-state index in [2.05, 4.69) is 11.0 Å². The van der Waals surface area contributed by atoms with E-state index in [9.17, 15) is 4.79 Å². The Labute approximate surface area is 170 Å². The summed E-state index contributed by atoms with van der Waals surface area (Å²) in [5.74, 6) is 2.77. The SMILES string of the molecule is COc1cccc(N2CCN(C(=O)CCSCc3ccccc3Cl)CC2)c1. The van der Waals surface area contributed by atoms with Gasteiger partial charge in [0.25, 0.3) is 0 Å². The van der Waals surface area contributed by atoms with Gasteiger partial charge in [-0.15, -0.1) is 0 Å². The van der Waals surface area contributed by atoms with Crippen LogP contribution in [0.15, 0.2) is 48.5 Å². The summed E-state index contributed by atoms with van der Waals surface area (Å²) in [4.78, 5) is 16.8. The van der Waals surface area contributed by atoms with Gasteiger partial charge in [0, 0.05) is 60.9 Å². The standard InChI is InChI=1S/C21H25ClN2O2S/c1-26-19-7-4-6-18(15-19)23-10-12-24(13-11-23)21(25)9-14-27-16-17-5-2-3-8-20(17)22/h2-8,15H,9-14,16H2,1H3. The summed E-state index contributed by atoms with van der Waals surface area (Å²) >= 11 is 7.93. The minimum Gasteiger partial charge on any atom is -0.497 e. The molecule has 0 aliphatic carbocycles. The molecule has 0 unspecified atom stereocenters. The fraction of sp³-hybridized carbons (Fsp3) is 0.381. The Morgan fingerprint density at radius 3 is 2.63 bits per heavy atom. The van der Waals surface area contributed by atoms with Crippen LogP contribution < -0.4 is 9.64 Å². The van der Waals surface area contributed by atoms with E-state index in [1.54, 1.807) is 18.9 Å². The van der Waals surface area contributed by atoms with Crippen molar-refractivity contribution < 1.29 is 9.53 Å². The molecule has 4 nitrogen and oxygen atoms in total. The zero-order valence-electron chi connectivity index (χ0n) is 15.6. The molecule has 0 radical (unpaired) electrons. The predicted molar refractivity (Wildman–Crippen MR) is 114 cm³/mol. The number of thioether (sulfide) groups is 1. The molecule has 1 aliphatic heterocycles. The van der Waals surface area contributed by atoms with Gasteiger partial charge in [0.05, 0.1) is 7.11 Å². The quantitative estimate of drug-likeness (QED) is 0.643. The highest BCUT2D eigenvalue weighted by Gasteiger charge is 2.21. The number of amides is 1. The number of ether oxygens (including phenoxy) is 1. The number of nitrogens with zero attached hydrogens (tertiary/aromatic N) is 2. The van der Waals surface area contributed by atoms with E-state index in [4.69, 9.17) is 16.3 Å². The number of carbonyl (C=O) groups excluding carboxylic acids is 1. The van der Waals surface area contributed by atoms with Gasteiger partial charge >= 0.3 is 0 Å². The van der Waals surface area contributed by atoms with E-state index in [1.807, 2.05) is 47.4 Å². The summed E-state index contributed by atoms with van der Waals surface area (Å²) in [6, 6.07) is 16.0. The van der Waals surface area contributed by atoms with Gasteiger partial charge in [0.15, 0.2) is 0 Å². The smallest absolute Gasteiger partial charge is 0.223 e. The average molecular weight is 405 g/mol. The molecule has 1 aliphatic rings. The number of hydrogen-bond acceptors (Lipinski definition) is 4. The van der Waals surface area contributed by atoms with Crippen LogP contribution in [0.2, 0.25) is 5.02 Å². The van der Waals surface area contributed by atoms with Crippen LogP contribution in [0.3, 0.4) is 0 Å². The lowest BCUT2D eigenvalue weighted by molar-refractivity contribution is -0.131. The average Bonchev–Trinajstić information content (AvgIpc) is 2.72. The van der Waals surface area contributed by atoms with Gasteiger partial charge in [-0.2, -0.15) is 11.8 Å². The van der Waals surface area contributed by atoms with Gasteiger partial charge in [0.1, 0.15) is 5.75 Å². The van der Waals surface area contributed by atoms with Crippen molar-refractivity contribution >= 4 is 35.0 Å². The number of halogens is 1. The third kappa shape index (κ3) is 5.56. The third-order valence-corrected chi connectivity index (χ3v) is 6.10. The van der Waals surface area contributed by atoms with Crippen molar-refractivity contribution in [3.63, 3.8) is 0 Å². The summed E-state index contributed by atoms with van der Waals surface area (Å²) in [7, 11) is 1.68. The van der Waals surface area contributed by atoms with E-state index in [1.165, 1.54) is 0 Å². The van der Waals surface area contributed by atoms with Gasteiger partial charge in [-0.25, -0.2) is 0 Å². The number of anilines is 1. The molecule has 0 atom stereocenters. The van der Waals surface area contributed by atoms with E-state index in [0.29, 0.717) is 6.42 Å². The molecule has 6 heteroatoms. The summed E-state index contributed by atoms with van der Waals surface area (Å²) in [5.41, 5.74) is 2.28. The predicted octanol–water partition coefficient (Wildman–Crippen LogP) is 4.32. The maximum Gasteiger partial charge on any atom is 0.223 e. The lowest BCUT2D eigenvalue weighted by Crippen LogP contribution is -2.48. The number of carbonyl (C=O) groups is 1. The highest BCUT2D eigenvalue weighted by atomic mass is 35.5. The largest absolute Gasteiger partial charge is 0.497 e. The lowest BCUT2D eigenvalue weighted by atomic mass is 10.2. The van der Waals surface area contributed by atoms with Crippen LogP contribution in [0, 0.1) is 0 Å². The van der Waals surface area contributed by atoms with E-state index >= 15 is 0 Å². The number of piperazine rings is 1. The summed E-state index contributed by atoms with van der Waals surface area (Å²) in [6.07, 6.45) is 0.578. The van der Waals surface area contributed by atoms with Gasteiger partial charge in [-0.05, 0) is 23.8 Å². The first-order valence-electron chi connectivity index (χ1n) is 9.15. The monoisotopic (exact) mass is 404 g/mol. The molecule has 0 aromatic heterocycles. The number of benzene rings is 2. The van der Waals surface area contributed by atoms with E-state index in [-0.39, 0.29) is 5.91 Å². The van der Waals surface area contributed by atoms with Crippen molar-refractivity contribution in [3.8, 4) is 5.75 Å². The summed E-state index contributed by atoms with van der Waals surface area (Å²) < 4.78 is 5.30. The lowest BCUT2D eigenvalue weighted by Gasteiger charge is -2.36. The van der Waals surface area contributed by atoms with Gasteiger partial charge in [-0.1, -0.05) is 35.9 Å². The summed E-state index contributed by atoms with van der Waals surface area (Å²) in [6.45, 7) is 3.24. The summed E-state index contributed by atoms with van der Waals surface area (Å²) in [5, 5.41) is 0.796. The topological polar surface area (TPSA) is 32.8 Å². The minimum absolute atomic E-state index is 0.243. The van der Waals surface area contributed by atoms with Crippen LogP contribution in [-0.4, -0.2) is 49.8 Å². The third-order valence-electron chi connectivity index (χ3n) is 4.73. The van der Waals surface area contributed by atoms with Crippen molar-refractivity contribution in [2.45, 2.75) is 12.2 Å². The first kappa shape index (κ1) is 19.9. The molecule has 1 heterocycles.